The third-order valence-electron chi connectivity index (χ3n) is 2.86. The second-order valence-electron chi connectivity index (χ2n) is 4.45. The Morgan fingerprint density at radius 2 is 1.84 bits per heavy atom. The van der Waals surface area contributed by atoms with Crippen LogP contribution < -0.4 is 16.0 Å². The maximum absolute atomic E-state index is 12.1. The minimum absolute atomic E-state index is 0.185. The number of nitrogen functional groups attached to an aromatic ring is 1. The first kappa shape index (κ1) is 13.0. The van der Waals surface area contributed by atoms with Crippen LogP contribution in [0.1, 0.15) is 5.56 Å². The van der Waals surface area contributed by atoms with Crippen LogP contribution in [0, 0.1) is 6.92 Å². The molecule has 0 fully saturated rings. The van der Waals surface area contributed by atoms with Gasteiger partial charge in [0.2, 0.25) is 0 Å². The summed E-state index contributed by atoms with van der Waals surface area (Å²) in [6.07, 6.45) is 0. The van der Waals surface area contributed by atoms with Gasteiger partial charge in [0.1, 0.15) is 0 Å². The fourth-order valence-corrected chi connectivity index (χ4v) is 1.73. The molecule has 2 rings (SSSR count). The lowest BCUT2D eigenvalue weighted by atomic mass is 10.2. The molecule has 0 bridgehead atoms. The molecular formula is C15H17N3O. The van der Waals surface area contributed by atoms with E-state index < -0.39 is 0 Å². The average molecular weight is 255 g/mol. The van der Waals surface area contributed by atoms with Crippen molar-refractivity contribution in [2.75, 3.05) is 23.0 Å². The molecule has 3 N–H and O–H groups in total. The van der Waals surface area contributed by atoms with Crippen molar-refractivity contribution in [1.82, 2.24) is 0 Å². The Bertz CT molecular complexity index is 578. The molecule has 98 valence electrons. The summed E-state index contributed by atoms with van der Waals surface area (Å²) in [5.41, 5.74) is 8.96. The summed E-state index contributed by atoms with van der Waals surface area (Å²) in [6, 6.07) is 14.7. The lowest BCUT2D eigenvalue weighted by Gasteiger charge is -2.18. The second-order valence-corrected chi connectivity index (χ2v) is 4.45. The molecule has 0 saturated carbocycles. The Labute approximate surface area is 112 Å². The number of benzene rings is 2. The SMILES string of the molecule is Cc1cccc(N(C)C(=O)Nc2ccc(N)cc2)c1. The van der Waals surface area contributed by atoms with E-state index in [1.54, 1.807) is 36.2 Å². The van der Waals surface area contributed by atoms with Crippen LogP contribution in [-0.2, 0) is 0 Å². The number of amides is 2. The molecule has 2 aromatic rings. The first-order valence-electron chi connectivity index (χ1n) is 6.03. The van der Waals surface area contributed by atoms with E-state index in [2.05, 4.69) is 5.32 Å². The number of urea groups is 1. The van der Waals surface area contributed by atoms with Gasteiger partial charge in [0.15, 0.2) is 0 Å². The van der Waals surface area contributed by atoms with Crippen LogP contribution >= 0.6 is 0 Å². The molecule has 0 unspecified atom stereocenters. The van der Waals surface area contributed by atoms with Crippen molar-refractivity contribution >= 4 is 23.1 Å². The highest BCUT2D eigenvalue weighted by molar-refractivity contribution is 6.01. The monoisotopic (exact) mass is 255 g/mol. The van der Waals surface area contributed by atoms with Gasteiger partial charge in [-0.05, 0) is 48.9 Å². The summed E-state index contributed by atoms with van der Waals surface area (Å²) in [7, 11) is 1.74. The molecule has 0 saturated heterocycles. The van der Waals surface area contributed by atoms with Gasteiger partial charge in [-0.15, -0.1) is 0 Å². The molecule has 0 radical (unpaired) electrons. The van der Waals surface area contributed by atoms with Crippen LogP contribution in [-0.4, -0.2) is 13.1 Å². The fourth-order valence-electron chi connectivity index (χ4n) is 1.73. The van der Waals surface area contributed by atoms with Crippen LogP contribution in [0.3, 0.4) is 0 Å². The van der Waals surface area contributed by atoms with Crippen LogP contribution in [0.4, 0.5) is 21.9 Å². The highest BCUT2D eigenvalue weighted by Gasteiger charge is 2.10. The van der Waals surface area contributed by atoms with Gasteiger partial charge in [-0.25, -0.2) is 4.79 Å². The van der Waals surface area contributed by atoms with Crippen molar-refractivity contribution in [1.29, 1.82) is 0 Å². The van der Waals surface area contributed by atoms with Crippen LogP contribution in [0.15, 0.2) is 48.5 Å². The van der Waals surface area contributed by atoms with Crippen molar-refractivity contribution in [3.63, 3.8) is 0 Å². The van der Waals surface area contributed by atoms with Gasteiger partial charge >= 0.3 is 6.03 Å². The fraction of sp³-hybridized carbons (Fsp3) is 0.133. The summed E-state index contributed by atoms with van der Waals surface area (Å²) in [5.74, 6) is 0. The normalized spacial score (nSPS) is 10.0. The molecule has 0 aliphatic rings. The highest BCUT2D eigenvalue weighted by Crippen LogP contribution is 2.16. The highest BCUT2D eigenvalue weighted by atomic mass is 16.2. The third-order valence-corrected chi connectivity index (χ3v) is 2.86. The largest absolute Gasteiger partial charge is 0.399 e. The van der Waals surface area contributed by atoms with E-state index in [0.717, 1.165) is 16.9 Å². The lowest BCUT2D eigenvalue weighted by Crippen LogP contribution is -2.31. The number of nitrogens with zero attached hydrogens (tertiary/aromatic N) is 1. The van der Waals surface area contributed by atoms with Gasteiger partial charge in [0.25, 0.3) is 0 Å². The van der Waals surface area contributed by atoms with Gasteiger partial charge in [0.05, 0.1) is 0 Å². The molecule has 2 aromatic carbocycles. The van der Waals surface area contributed by atoms with Crippen LogP contribution in [0.5, 0.6) is 0 Å². The van der Waals surface area contributed by atoms with E-state index in [4.69, 9.17) is 5.73 Å². The van der Waals surface area contributed by atoms with Crippen LogP contribution in [0.2, 0.25) is 0 Å². The first-order valence-corrected chi connectivity index (χ1v) is 6.03. The molecule has 0 aliphatic carbocycles. The molecule has 4 heteroatoms. The standard InChI is InChI=1S/C15H17N3O/c1-11-4-3-5-14(10-11)18(2)15(19)17-13-8-6-12(16)7-9-13/h3-10H,16H2,1-2H3,(H,17,19). The minimum Gasteiger partial charge on any atom is -0.399 e. The van der Waals surface area contributed by atoms with E-state index in [1.807, 2.05) is 31.2 Å². The molecule has 19 heavy (non-hydrogen) atoms. The molecule has 0 heterocycles. The number of nitrogens with two attached hydrogens (primary N) is 1. The molecular weight excluding hydrogens is 238 g/mol. The Kier molecular flexibility index (Phi) is 3.71. The predicted octanol–water partition coefficient (Wildman–Crippen LogP) is 3.25. The Morgan fingerprint density at radius 3 is 2.47 bits per heavy atom. The Balaban J connectivity index is 2.09. The number of hydrogen-bond donors (Lipinski definition) is 2. The Morgan fingerprint density at radius 1 is 1.16 bits per heavy atom. The number of nitrogens with one attached hydrogen (secondary N) is 1. The first-order chi connectivity index (χ1) is 9.06. The number of carbonyl (C=O) groups is 1. The summed E-state index contributed by atoms with van der Waals surface area (Å²) in [5, 5.41) is 2.82. The zero-order chi connectivity index (χ0) is 13.8. The van der Waals surface area contributed by atoms with Crippen LogP contribution in [0.25, 0.3) is 0 Å². The number of anilines is 3. The zero-order valence-electron chi connectivity index (χ0n) is 11.1. The Hall–Kier alpha value is -2.49. The third kappa shape index (κ3) is 3.25. The predicted molar refractivity (Wildman–Crippen MR) is 79.5 cm³/mol. The van der Waals surface area contributed by atoms with E-state index in [0.29, 0.717) is 5.69 Å². The van der Waals surface area contributed by atoms with Gasteiger partial charge in [0, 0.05) is 24.1 Å². The van der Waals surface area contributed by atoms with E-state index in [-0.39, 0.29) is 6.03 Å². The smallest absolute Gasteiger partial charge is 0.326 e. The number of aryl methyl sites for hydroxylation is 1. The van der Waals surface area contributed by atoms with Gasteiger partial charge in [-0.1, -0.05) is 12.1 Å². The van der Waals surface area contributed by atoms with Crippen molar-refractivity contribution < 1.29 is 4.79 Å². The summed E-state index contributed by atoms with van der Waals surface area (Å²) in [6.45, 7) is 2.00. The second kappa shape index (κ2) is 5.44. The van der Waals surface area contributed by atoms with Crippen molar-refractivity contribution in [3.05, 3.63) is 54.1 Å². The van der Waals surface area contributed by atoms with Crippen molar-refractivity contribution in [2.45, 2.75) is 6.92 Å². The molecule has 0 spiro atoms. The zero-order valence-corrected chi connectivity index (χ0v) is 11.1. The molecule has 4 nitrogen and oxygen atoms in total. The van der Waals surface area contributed by atoms with E-state index in [1.165, 1.54) is 0 Å². The maximum Gasteiger partial charge on any atom is 0.326 e. The maximum atomic E-state index is 12.1. The number of carbonyl (C=O) groups excluding carboxylic acids is 1. The van der Waals surface area contributed by atoms with Gasteiger partial charge in [-0.2, -0.15) is 0 Å². The average Bonchev–Trinajstić information content (AvgIpc) is 2.40. The van der Waals surface area contributed by atoms with Gasteiger partial charge in [-0.3, -0.25) is 4.90 Å². The quantitative estimate of drug-likeness (QED) is 0.809. The summed E-state index contributed by atoms with van der Waals surface area (Å²) < 4.78 is 0. The summed E-state index contributed by atoms with van der Waals surface area (Å²) >= 11 is 0. The molecule has 0 aromatic heterocycles. The number of hydrogen-bond acceptors (Lipinski definition) is 2. The molecule has 2 amide bonds. The van der Waals surface area contributed by atoms with Crippen molar-refractivity contribution in [2.24, 2.45) is 0 Å². The van der Waals surface area contributed by atoms with E-state index in [9.17, 15) is 4.79 Å². The minimum atomic E-state index is -0.185. The topological polar surface area (TPSA) is 58.4 Å². The lowest BCUT2D eigenvalue weighted by molar-refractivity contribution is 0.258. The summed E-state index contributed by atoms with van der Waals surface area (Å²) in [4.78, 5) is 13.7. The number of rotatable bonds is 2. The van der Waals surface area contributed by atoms with Gasteiger partial charge < -0.3 is 11.1 Å². The molecule has 0 atom stereocenters. The van der Waals surface area contributed by atoms with Crippen molar-refractivity contribution in [3.8, 4) is 0 Å². The van der Waals surface area contributed by atoms with E-state index >= 15 is 0 Å². The molecule has 0 aliphatic heterocycles.